The van der Waals surface area contributed by atoms with Crippen LogP contribution in [0.4, 0.5) is 5.82 Å². The molecule has 8 heteroatoms. The van der Waals surface area contributed by atoms with E-state index in [4.69, 9.17) is 14.7 Å². The lowest BCUT2D eigenvalue weighted by Crippen LogP contribution is -2.01. The molecule has 7 nitrogen and oxygen atoms in total. The lowest BCUT2D eigenvalue weighted by atomic mass is 10.1. The van der Waals surface area contributed by atoms with Crippen LogP contribution in [0, 0.1) is 0 Å². The average Bonchev–Trinajstić information content (AvgIpc) is 3.34. The van der Waals surface area contributed by atoms with Gasteiger partial charge >= 0.3 is 0 Å². The third-order valence-corrected chi connectivity index (χ3v) is 5.86. The van der Waals surface area contributed by atoms with Crippen molar-refractivity contribution in [2.45, 2.75) is 0 Å². The van der Waals surface area contributed by atoms with Crippen LogP contribution in [0.25, 0.3) is 43.4 Å². The summed E-state index contributed by atoms with van der Waals surface area (Å²) in [5, 5.41) is 14.5. The van der Waals surface area contributed by atoms with Gasteiger partial charge in [-0.05, 0) is 24.3 Å². The van der Waals surface area contributed by atoms with Gasteiger partial charge in [0.1, 0.15) is 27.1 Å². The maximum atomic E-state index is 5.69. The molecule has 31 heavy (non-hydrogen) atoms. The molecular formula is C23H18N6OS. The van der Waals surface area contributed by atoms with Gasteiger partial charge in [0.2, 0.25) is 0 Å². The van der Waals surface area contributed by atoms with Gasteiger partial charge in [0, 0.05) is 41.5 Å². The standard InChI is InChI=1S/C23H18N6OS/c1-24-21-17-11-16(23-29-28-22(31-23)14-7-4-3-5-8-14)12-18(30-2)19(17)26-20(27-21)15-9-6-10-25-13-15/h3-13H,1-2H3,(H,24,26,27). The lowest BCUT2D eigenvalue weighted by Gasteiger charge is -2.12. The lowest BCUT2D eigenvalue weighted by molar-refractivity contribution is 0.419. The number of pyridine rings is 1. The summed E-state index contributed by atoms with van der Waals surface area (Å²) in [6.07, 6.45) is 3.47. The first-order chi connectivity index (χ1) is 15.3. The van der Waals surface area contributed by atoms with Gasteiger partial charge in [-0.1, -0.05) is 41.7 Å². The second-order valence-corrected chi connectivity index (χ2v) is 7.72. The van der Waals surface area contributed by atoms with Crippen LogP contribution in [0.1, 0.15) is 0 Å². The molecule has 0 fully saturated rings. The van der Waals surface area contributed by atoms with E-state index < -0.39 is 0 Å². The van der Waals surface area contributed by atoms with Gasteiger partial charge in [0.15, 0.2) is 5.82 Å². The van der Waals surface area contributed by atoms with Gasteiger partial charge < -0.3 is 10.1 Å². The summed E-state index contributed by atoms with van der Waals surface area (Å²) >= 11 is 1.53. The SMILES string of the molecule is CNc1nc(-c2cccnc2)nc2c(OC)cc(-c3nnc(-c4ccccc4)s3)cc12. The normalized spacial score (nSPS) is 10.9. The van der Waals surface area contributed by atoms with Gasteiger partial charge in [-0.25, -0.2) is 9.97 Å². The van der Waals surface area contributed by atoms with Crippen LogP contribution in [-0.2, 0) is 0 Å². The van der Waals surface area contributed by atoms with Crippen LogP contribution in [0.15, 0.2) is 67.0 Å². The Bertz CT molecular complexity index is 1360. The third kappa shape index (κ3) is 3.57. The number of hydrogen-bond acceptors (Lipinski definition) is 8. The van der Waals surface area contributed by atoms with Crippen molar-refractivity contribution in [1.82, 2.24) is 25.1 Å². The van der Waals surface area contributed by atoms with Crippen molar-refractivity contribution in [3.05, 3.63) is 67.0 Å². The van der Waals surface area contributed by atoms with E-state index in [1.165, 1.54) is 11.3 Å². The van der Waals surface area contributed by atoms with Crippen molar-refractivity contribution in [3.8, 4) is 38.3 Å². The number of rotatable bonds is 5. The molecule has 2 aromatic carbocycles. The second-order valence-electron chi connectivity index (χ2n) is 6.74. The molecule has 3 aromatic heterocycles. The summed E-state index contributed by atoms with van der Waals surface area (Å²) in [7, 11) is 3.48. The molecule has 1 N–H and O–H groups in total. The predicted molar refractivity (Wildman–Crippen MR) is 123 cm³/mol. The molecule has 0 aliphatic carbocycles. The number of benzene rings is 2. The summed E-state index contributed by atoms with van der Waals surface area (Å²) in [5.74, 6) is 1.93. The number of fused-ring (bicyclic) bond motifs is 1. The molecule has 0 aliphatic rings. The van der Waals surface area contributed by atoms with Gasteiger partial charge in [-0.2, -0.15) is 0 Å². The molecule has 0 amide bonds. The van der Waals surface area contributed by atoms with Gasteiger partial charge in [-0.15, -0.1) is 10.2 Å². The Kier molecular flexibility index (Phi) is 4.97. The fourth-order valence-corrected chi connectivity index (χ4v) is 4.17. The van der Waals surface area contributed by atoms with Crippen molar-refractivity contribution < 1.29 is 4.74 Å². The summed E-state index contributed by atoms with van der Waals surface area (Å²) in [6, 6.07) is 17.8. The highest BCUT2D eigenvalue weighted by Crippen LogP contribution is 2.37. The first-order valence-corrected chi connectivity index (χ1v) is 10.5. The smallest absolute Gasteiger partial charge is 0.163 e. The highest BCUT2D eigenvalue weighted by molar-refractivity contribution is 7.17. The molecule has 0 bridgehead atoms. The minimum atomic E-state index is 0.582. The quantitative estimate of drug-likeness (QED) is 0.426. The molecule has 5 aromatic rings. The Morgan fingerprint density at radius 1 is 0.871 bits per heavy atom. The Morgan fingerprint density at radius 3 is 2.35 bits per heavy atom. The molecule has 0 unspecified atom stereocenters. The molecule has 0 aliphatic heterocycles. The van der Waals surface area contributed by atoms with Crippen molar-refractivity contribution in [2.75, 3.05) is 19.5 Å². The fourth-order valence-electron chi connectivity index (χ4n) is 3.33. The summed E-state index contributed by atoms with van der Waals surface area (Å²) in [6.45, 7) is 0. The third-order valence-electron chi connectivity index (χ3n) is 4.83. The highest BCUT2D eigenvalue weighted by atomic mass is 32.1. The molecule has 5 rings (SSSR count). The molecule has 0 saturated heterocycles. The number of ether oxygens (including phenoxy) is 1. The maximum Gasteiger partial charge on any atom is 0.163 e. The van der Waals surface area contributed by atoms with E-state index in [1.807, 2.05) is 61.6 Å². The minimum Gasteiger partial charge on any atom is -0.494 e. The number of aromatic nitrogens is 5. The van der Waals surface area contributed by atoms with E-state index in [2.05, 4.69) is 20.5 Å². The van der Waals surface area contributed by atoms with E-state index in [0.29, 0.717) is 17.4 Å². The van der Waals surface area contributed by atoms with Gasteiger partial charge in [0.05, 0.1) is 7.11 Å². The summed E-state index contributed by atoms with van der Waals surface area (Å²) < 4.78 is 5.69. The first-order valence-electron chi connectivity index (χ1n) is 9.64. The van der Waals surface area contributed by atoms with Crippen LogP contribution >= 0.6 is 11.3 Å². The number of hydrogen-bond donors (Lipinski definition) is 1. The molecule has 0 atom stereocenters. The van der Waals surface area contributed by atoms with Crippen LogP contribution in [0.5, 0.6) is 5.75 Å². The van der Waals surface area contributed by atoms with E-state index in [1.54, 1.807) is 19.5 Å². The summed E-state index contributed by atoms with van der Waals surface area (Å²) in [4.78, 5) is 13.6. The zero-order valence-electron chi connectivity index (χ0n) is 16.9. The zero-order valence-corrected chi connectivity index (χ0v) is 17.7. The van der Waals surface area contributed by atoms with E-state index >= 15 is 0 Å². The van der Waals surface area contributed by atoms with Crippen LogP contribution in [-0.4, -0.2) is 39.3 Å². The maximum absolute atomic E-state index is 5.69. The molecular weight excluding hydrogens is 408 g/mol. The molecule has 0 spiro atoms. The highest BCUT2D eigenvalue weighted by Gasteiger charge is 2.17. The Morgan fingerprint density at radius 2 is 1.65 bits per heavy atom. The van der Waals surface area contributed by atoms with E-state index in [9.17, 15) is 0 Å². The monoisotopic (exact) mass is 426 g/mol. The summed E-state index contributed by atoms with van der Waals surface area (Å²) in [5.41, 5.74) is 3.50. The zero-order chi connectivity index (χ0) is 21.2. The second kappa shape index (κ2) is 8.08. The number of nitrogens with one attached hydrogen (secondary N) is 1. The number of methoxy groups -OCH3 is 1. The fraction of sp³-hybridized carbons (Fsp3) is 0.0870. The molecule has 152 valence electrons. The van der Waals surface area contributed by atoms with E-state index in [-0.39, 0.29) is 0 Å². The Labute approximate surface area is 182 Å². The van der Waals surface area contributed by atoms with Gasteiger partial charge in [0.25, 0.3) is 0 Å². The van der Waals surface area contributed by atoms with Crippen LogP contribution in [0.2, 0.25) is 0 Å². The van der Waals surface area contributed by atoms with E-state index in [0.717, 1.165) is 37.6 Å². The largest absolute Gasteiger partial charge is 0.494 e. The van der Waals surface area contributed by atoms with Crippen LogP contribution in [0.3, 0.4) is 0 Å². The minimum absolute atomic E-state index is 0.582. The average molecular weight is 427 g/mol. The van der Waals surface area contributed by atoms with Crippen LogP contribution < -0.4 is 10.1 Å². The number of anilines is 1. The number of nitrogens with zero attached hydrogens (tertiary/aromatic N) is 5. The van der Waals surface area contributed by atoms with Crippen molar-refractivity contribution in [2.24, 2.45) is 0 Å². The van der Waals surface area contributed by atoms with Crippen molar-refractivity contribution >= 4 is 28.1 Å². The van der Waals surface area contributed by atoms with Crippen molar-refractivity contribution in [1.29, 1.82) is 0 Å². The molecule has 3 heterocycles. The topological polar surface area (TPSA) is 85.7 Å². The Balaban J connectivity index is 1.66. The van der Waals surface area contributed by atoms with Crippen molar-refractivity contribution in [3.63, 3.8) is 0 Å². The Hall–Kier alpha value is -3.91. The van der Waals surface area contributed by atoms with Gasteiger partial charge in [-0.3, -0.25) is 4.98 Å². The molecule has 0 saturated carbocycles. The predicted octanol–water partition coefficient (Wildman–Crippen LogP) is 4.93. The first kappa shape index (κ1) is 19.1. The molecule has 0 radical (unpaired) electrons.